The summed E-state index contributed by atoms with van der Waals surface area (Å²) in [5, 5.41) is 7.72. The molecule has 0 unspecified atom stereocenters. The molecule has 6 nitrogen and oxygen atoms in total. The summed E-state index contributed by atoms with van der Waals surface area (Å²) in [4.78, 5) is 9.94. The van der Waals surface area contributed by atoms with Gasteiger partial charge in [0.25, 0.3) is 0 Å². The van der Waals surface area contributed by atoms with Crippen molar-refractivity contribution in [3.05, 3.63) is 39.3 Å². The summed E-state index contributed by atoms with van der Waals surface area (Å²) in [6.45, 7) is 7.97. The van der Waals surface area contributed by atoms with E-state index in [9.17, 15) is 0 Å². The van der Waals surface area contributed by atoms with Crippen molar-refractivity contribution in [2.45, 2.75) is 33.9 Å². The maximum atomic E-state index is 5.62. The third-order valence-corrected chi connectivity index (χ3v) is 4.70. The third-order valence-electron chi connectivity index (χ3n) is 3.63. The molecule has 0 aliphatic carbocycles. The molecule has 2 N–H and O–H groups in total. The number of thiazole rings is 1. The Bertz CT molecular complexity index is 734. The lowest BCUT2D eigenvalue weighted by molar-refractivity contribution is 0.310. The highest BCUT2D eigenvalue weighted by atomic mass is 127. The van der Waals surface area contributed by atoms with Crippen LogP contribution < -0.4 is 20.1 Å². The van der Waals surface area contributed by atoms with Gasteiger partial charge < -0.3 is 20.1 Å². The van der Waals surface area contributed by atoms with E-state index in [1.807, 2.05) is 39.0 Å². The maximum Gasteiger partial charge on any atom is 0.191 e. The first kappa shape index (κ1) is 22.5. The highest BCUT2D eigenvalue weighted by molar-refractivity contribution is 14.0. The van der Waals surface area contributed by atoms with Gasteiger partial charge in [-0.15, -0.1) is 35.3 Å². The first-order chi connectivity index (χ1) is 12.1. The van der Waals surface area contributed by atoms with Crippen LogP contribution in [0.4, 0.5) is 0 Å². The lowest BCUT2D eigenvalue weighted by Crippen LogP contribution is -2.36. The van der Waals surface area contributed by atoms with E-state index < -0.39 is 0 Å². The summed E-state index contributed by atoms with van der Waals surface area (Å²) in [6, 6.07) is 5.92. The Balaban J connectivity index is 0.00000338. The zero-order valence-electron chi connectivity index (χ0n) is 15.9. The van der Waals surface area contributed by atoms with Gasteiger partial charge in [-0.3, -0.25) is 4.99 Å². The van der Waals surface area contributed by atoms with E-state index in [1.54, 1.807) is 25.5 Å². The summed E-state index contributed by atoms with van der Waals surface area (Å²) >= 11 is 1.71. The number of guanidine groups is 1. The molecule has 26 heavy (non-hydrogen) atoms. The Hall–Kier alpha value is -1.55. The molecule has 1 aromatic carbocycles. The zero-order valence-corrected chi connectivity index (χ0v) is 19.0. The summed E-state index contributed by atoms with van der Waals surface area (Å²) in [6.07, 6.45) is 0. The van der Waals surface area contributed by atoms with Crippen molar-refractivity contribution in [2.75, 3.05) is 20.8 Å². The number of aryl methyl sites for hydroxylation is 2. The van der Waals surface area contributed by atoms with E-state index in [1.165, 1.54) is 4.88 Å². The Morgan fingerprint density at radius 3 is 2.50 bits per heavy atom. The Labute approximate surface area is 176 Å². The Morgan fingerprint density at radius 1 is 1.19 bits per heavy atom. The van der Waals surface area contributed by atoms with E-state index in [-0.39, 0.29) is 24.0 Å². The van der Waals surface area contributed by atoms with E-state index >= 15 is 0 Å². The van der Waals surface area contributed by atoms with Gasteiger partial charge in [0.05, 0.1) is 31.0 Å². The van der Waals surface area contributed by atoms with Gasteiger partial charge in [0.1, 0.15) is 0 Å². The largest absolute Gasteiger partial charge is 0.493 e. The second-order valence-corrected chi connectivity index (χ2v) is 6.73. The molecule has 0 aliphatic heterocycles. The molecule has 0 amide bonds. The average molecular weight is 490 g/mol. The zero-order chi connectivity index (χ0) is 18.2. The summed E-state index contributed by atoms with van der Waals surface area (Å²) in [5.41, 5.74) is 2.17. The Kier molecular flexibility index (Phi) is 9.71. The molecule has 8 heteroatoms. The number of hydrogen-bond acceptors (Lipinski definition) is 5. The van der Waals surface area contributed by atoms with Gasteiger partial charge in [-0.25, -0.2) is 4.98 Å². The number of ether oxygens (including phenoxy) is 2. The summed E-state index contributed by atoms with van der Waals surface area (Å²) in [5.74, 6) is 2.24. The van der Waals surface area contributed by atoms with Gasteiger partial charge in [-0.05, 0) is 38.5 Å². The molecular weight excluding hydrogens is 463 g/mol. The highest BCUT2D eigenvalue weighted by Gasteiger charge is 2.08. The molecular formula is C18H27IN4O2S. The van der Waals surface area contributed by atoms with Crippen molar-refractivity contribution < 1.29 is 9.47 Å². The number of methoxy groups -OCH3 is 1. The van der Waals surface area contributed by atoms with E-state index in [2.05, 4.69) is 20.6 Å². The number of hydrogen-bond donors (Lipinski definition) is 2. The van der Waals surface area contributed by atoms with Crippen molar-refractivity contribution in [3.8, 4) is 11.5 Å². The van der Waals surface area contributed by atoms with E-state index in [4.69, 9.17) is 9.47 Å². The topological polar surface area (TPSA) is 67.8 Å². The van der Waals surface area contributed by atoms with Crippen LogP contribution in [0.15, 0.2) is 23.2 Å². The monoisotopic (exact) mass is 490 g/mol. The normalized spacial score (nSPS) is 10.9. The number of aliphatic imine (C=N–C) groups is 1. The standard InChI is InChI=1S/C18H26N4O2S.HI/c1-6-24-16-9-14(7-8-15(16)23-5)10-20-18(19-4)21-11-17-12(2)22-13(3)25-17;/h7-9H,6,10-11H2,1-5H3,(H2,19,20,21);1H. The molecule has 0 saturated heterocycles. The second-order valence-electron chi connectivity index (χ2n) is 5.44. The van der Waals surface area contributed by atoms with E-state index in [0.29, 0.717) is 19.7 Å². The summed E-state index contributed by atoms with van der Waals surface area (Å²) < 4.78 is 10.9. The van der Waals surface area contributed by atoms with Crippen LogP contribution in [0.1, 0.15) is 28.1 Å². The molecule has 0 spiro atoms. The van der Waals surface area contributed by atoms with Crippen LogP contribution in [-0.2, 0) is 13.1 Å². The fourth-order valence-corrected chi connectivity index (χ4v) is 3.28. The lowest BCUT2D eigenvalue weighted by Gasteiger charge is -2.14. The van der Waals surface area contributed by atoms with Gasteiger partial charge >= 0.3 is 0 Å². The summed E-state index contributed by atoms with van der Waals surface area (Å²) in [7, 11) is 3.41. The van der Waals surface area contributed by atoms with Crippen molar-refractivity contribution >= 4 is 41.3 Å². The quantitative estimate of drug-likeness (QED) is 0.353. The number of halogens is 1. The highest BCUT2D eigenvalue weighted by Crippen LogP contribution is 2.27. The molecule has 2 rings (SSSR count). The van der Waals surface area contributed by atoms with Crippen molar-refractivity contribution in [2.24, 2.45) is 4.99 Å². The smallest absolute Gasteiger partial charge is 0.191 e. The number of nitrogens with zero attached hydrogens (tertiary/aromatic N) is 2. The maximum absolute atomic E-state index is 5.62. The number of rotatable bonds is 7. The predicted molar refractivity (Wildman–Crippen MR) is 118 cm³/mol. The Morgan fingerprint density at radius 2 is 1.92 bits per heavy atom. The van der Waals surface area contributed by atoms with Crippen LogP contribution in [0, 0.1) is 13.8 Å². The van der Waals surface area contributed by atoms with Crippen molar-refractivity contribution in [1.29, 1.82) is 0 Å². The molecule has 144 valence electrons. The molecule has 0 saturated carbocycles. The number of nitrogens with one attached hydrogen (secondary N) is 2. The van der Waals surface area contributed by atoms with Gasteiger partial charge in [0.15, 0.2) is 17.5 Å². The second kappa shape index (κ2) is 11.2. The minimum Gasteiger partial charge on any atom is -0.493 e. The molecule has 0 radical (unpaired) electrons. The van der Waals surface area contributed by atoms with Crippen LogP contribution >= 0.6 is 35.3 Å². The minimum absolute atomic E-state index is 0. The van der Waals surface area contributed by atoms with Crippen LogP contribution in [0.25, 0.3) is 0 Å². The average Bonchev–Trinajstić information content (AvgIpc) is 2.93. The first-order valence-corrected chi connectivity index (χ1v) is 9.06. The van der Waals surface area contributed by atoms with Crippen LogP contribution in [0.2, 0.25) is 0 Å². The van der Waals surface area contributed by atoms with Gasteiger partial charge in [0.2, 0.25) is 0 Å². The first-order valence-electron chi connectivity index (χ1n) is 8.24. The fourth-order valence-electron chi connectivity index (χ4n) is 2.41. The van der Waals surface area contributed by atoms with Crippen molar-refractivity contribution in [1.82, 2.24) is 15.6 Å². The van der Waals surface area contributed by atoms with Gasteiger partial charge in [-0.2, -0.15) is 0 Å². The molecule has 0 aliphatic rings. The van der Waals surface area contributed by atoms with Crippen LogP contribution in [-0.4, -0.2) is 31.7 Å². The number of aromatic nitrogens is 1. The molecule has 0 atom stereocenters. The molecule has 0 bridgehead atoms. The minimum atomic E-state index is 0. The molecule has 0 fully saturated rings. The van der Waals surface area contributed by atoms with Gasteiger partial charge in [-0.1, -0.05) is 6.07 Å². The molecule has 1 heterocycles. The van der Waals surface area contributed by atoms with Gasteiger partial charge in [0, 0.05) is 18.5 Å². The predicted octanol–water partition coefficient (Wildman–Crippen LogP) is 3.65. The number of benzene rings is 1. The fraction of sp³-hybridized carbons (Fsp3) is 0.444. The SMILES string of the molecule is CCOc1cc(CNC(=NC)NCc2sc(C)nc2C)ccc1OC.I. The lowest BCUT2D eigenvalue weighted by atomic mass is 10.2. The van der Waals surface area contributed by atoms with Crippen LogP contribution in [0.5, 0.6) is 11.5 Å². The van der Waals surface area contributed by atoms with Crippen molar-refractivity contribution in [3.63, 3.8) is 0 Å². The molecule has 2 aromatic rings. The molecule has 1 aromatic heterocycles. The van der Waals surface area contributed by atoms with Crippen LogP contribution in [0.3, 0.4) is 0 Å². The van der Waals surface area contributed by atoms with E-state index in [0.717, 1.165) is 33.7 Å². The third kappa shape index (κ3) is 6.31.